The lowest BCUT2D eigenvalue weighted by Crippen LogP contribution is -2.49. The lowest BCUT2D eigenvalue weighted by Gasteiger charge is -2.37. The molecule has 23 heavy (non-hydrogen) atoms. The van der Waals surface area contributed by atoms with Gasteiger partial charge in [-0.25, -0.2) is 0 Å². The predicted octanol–water partition coefficient (Wildman–Crippen LogP) is 2.61. The number of carbonyl (C=O) groups is 1. The van der Waals surface area contributed by atoms with E-state index in [-0.39, 0.29) is 12.2 Å². The summed E-state index contributed by atoms with van der Waals surface area (Å²) in [6, 6.07) is 5.42. The fraction of sp³-hybridized carbons (Fsp3) is 0.333. The second-order valence-electron chi connectivity index (χ2n) is 5.37. The minimum atomic E-state index is -1.19. The summed E-state index contributed by atoms with van der Waals surface area (Å²) >= 11 is 1.41. The van der Waals surface area contributed by atoms with Crippen molar-refractivity contribution in [2.75, 3.05) is 12.3 Å². The molecule has 2 rings (SSSR count). The summed E-state index contributed by atoms with van der Waals surface area (Å²) in [6.07, 6.45) is 1.72. The topological polar surface area (TPSA) is 105 Å². The lowest BCUT2D eigenvalue weighted by molar-refractivity contribution is -0.384. The molecular formula is C15H17N3O4S. The SMILES string of the molecule is C=CCSC1=NCC(C)(C(=O)O)C(c2cccc([N+](=O)[O-])c2)N1. The van der Waals surface area contributed by atoms with Gasteiger partial charge in [-0.3, -0.25) is 19.9 Å². The van der Waals surface area contributed by atoms with Gasteiger partial charge in [0.1, 0.15) is 5.41 Å². The maximum atomic E-state index is 11.7. The number of rotatable bonds is 5. The van der Waals surface area contributed by atoms with Crippen LogP contribution in [0.15, 0.2) is 41.9 Å². The lowest BCUT2D eigenvalue weighted by atomic mass is 9.78. The number of hydrogen-bond donors (Lipinski definition) is 2. The van der Waals surface area contributed by atoms with Crippen molar-refractivity contribution in [1.82, 2.24) is 5.32 Å². The van der Waals surface area contributed by atoms with Gasteiger partial charge in [-0.15, -0.1) is 6.58 Å². The van der Waals surface area contributed by atoms with E-state index in [1.807, 2.05) is 0 Å². The minimum absolute atomic E-state index is 0.0696. The first-order valence-corrected chi connectivity index (χ1v) is 7.89. The fourth-order valence-electron chi connectivity index (χ4n) is 2.34. The first-order valence-electron chi connectivity index (χ1n) is 6.91. The number of aliphatic carboxylic acids is 1. The van der Waals surface area contributed by atoms with Crippen LogP contribution >= 0.6 is 11.8 Å². The number of thioether (sulfide) groups is 1. The third kappa shape index (κ3) is 3.53. The van der Waals surface area contributed by atoms with E-state index in [0.717, 1.165) is 0 Å². The highest BCUT2D eigenvalue weighted by Gasteiger charge is 2.45. The molecule has 1 heterocycles. The smallest absolute Gasteiger partial charge is 0.313 e. The Labute approximate surface area is 137 Å². The van der Waals surface area contributed by atoms with Crippen molar-refractivity contribution < 1.29 is 14.8 Å². The number of nitro groups is 1. The largest absolute Gasteiger partial charge is 0.481 e. The molecule has 0 saturated carbocycles. The number of carboxylic acid groups (broad SMARTS) is 1. The summed E-state index contributed by atoms with van der Waals surface area (Å²) in [6.45, 7) is 5.32. The summed E-state index contributed by atoms with van der Waals surface area (Å²) in [5.41, 5.74) is -0.705. The van der Waals surface area contributed by atoms with Crippen LogP contribution < -0.4 is 5.32 Å². The van der Waals surface area contributed by atoms with Crippen LogP contribution in [0.25, 0.3) is 0 Å². The first-order chi connectivity index (χ1) is 10.9. The van der Waals surface area contributed by atoms with Gasteiger partial charge in [0, 0.05) is 17.9 Å². The molecule has 0 bridgehead atoms. The number of nitrogens with zero attached hydrogens (tertiary/aromatic N) is 2. The van der Waals surface area contributed by atoms with E-state index in [0.29, 0.717) is 16.5 Å². The maximum Gasteiger partial charge on any atom is 0.313 e. The molecule has 1 aliphatic heterocycles. The highest BCUT2D eigenvalue weighted by molar-refractivity contribution is 8.13. The van der Waals surface area contributed by atoms with E-state index in [2.05, 4.69) is 16.9 Å². The van der Waals surface area contributed by atoms with E-state index < -0.39 is 22.3 Å². The van der Waals surface area contributed by atoms with Crippen LogP contribution in [0.1, 0.15) is 18.5 Å². The Balaban J connectivity index is 2.40. The number of benzene rings is 1. The molecule has 0 radical (unpaired) electrons. The molecule has 0 aliphatic carbocycles. The van der Waals surface area contributed by atoms with Gasteiger partial charge in [-0.05, 0) is 12.5 Å². The number of nitrogens with one attached hydrogen (secondary N) is 1. The third-order valence-corrected chi connectivity index (χ3v) is 4.62. The number of nitro benzene ring substituents is 1. The Morgan fingerprint density at radius 2 is 2.43 bits per heavy atom. The molecule has 0 spiro atoms. The molecule has 0 amide bonds. The average Bonchev–Trinajstić information content (AvgIpc) is 2.54. The van der Waals surface area contributed by atoms with E-state index in [1.54, 1.807) is 25.1 Å². The Bertz CT molecular complexity index is 676. The van der Waals surface area contributed by atoms with Gasteiger partial charge < -0.3 is 10.4 Å². The summed E-state index contributed by atoms with van der Waals surface area (Å²) in [4.78, 5) is 26.5. The zero-order chi connectivity index (χ0) is 17.0. The number of carboxylic acids is 1. The molecule has 1 aromatic rings. The normalized spacial score (nSPS) is 23.5. The van der Waals surface area contributed by atoms with Crippen molar-refractivity contribution >= 4 is 28.6 Å². The fourth-order valence-corrected chi connectivity index (χ4v) is 2.97. The monoisotopic (exact) mass is 335 g/mol. The van der Waals surface area contributed by atoms with Gasteiger partial charge in [0.05, 0.1) is 17.5 Å². The molecule has 7 nitrogen and oxygen atoms in total. The van der Waals surface area contributed by atoms with Crippen LogP contribution in [0.4, 0.5) is 5.69 Å². The van der Waals surface area contributed by atoms with Crippen molar-refractivity contribution in [2.24, 2.45) is 10.4 Å². The Morgan fingerprint density at radius 3 is 3.04 bits per heavy atom. The summed E-state index contributed by atoms with van der Waals surface area (Å²) < 4.78 is 0. The van der Waals surface area contributed by atoms with E-state index >= 15 is 0 Å². The number of aliphatic imine (C=N–C) groups is 1. The molecule has 2 unspecified atom stereocenters. The van der Waals surface area contributed by atoms with Crippen molar-refractivity contribution in [3.63, 3.8) is 0 Å². The van der Waals surface area contributed by atoms with Crippen molar-refractivity contribution in [2.45, 2.75) is 13.0 Å². The highest BCUT2D eigenvalue weighted by Crippen LogP contribution is 2.38. The van der Waals surface area contributed by atoms with Crippen molar-refractivity contribution in [3.8, 4) is 0 Å². The Morgan fingerprint density at radius 1 is 1.70 bits per heavy atom. The molecule has 2 atom stereocenters. The van der Waals surface area contributed by atoms with Gasteiger partial charge in [0.25, 0.3) is 5.69 Å². The molecule has 0 fully saturated rings. The van der Waals surface area contributed by atoms with Crippen LogP contribution in [0.2, 0.25) is 0 Å². The molecule has 0 saturated heterocycles. The number of non-ortho nitro benzene ring substituents is 1. The van der Waals surface area contributed by atoms with Crippen LogP contribution in [0, 0.1) is 15.5 Å². The number of hydrogen-bond acceptors (Lipinski definition) is 6. The minimum Gasteiger partial charge on any atom is -0.481 e. The van der Waals surface area contributed by atoms with E-state index in [1.165, 1.54) is 23.9 Å². The van der Waals surface area contributed by atoms with Gasteiger partial charge in [0.2, 0.25) is 0 Å². The van der Waals surface area contributed by atoms with E-state index in [9.17, 15) is 20.0 Å². The Hall–Kier alpha value is -2.35. The molecule has 1 aliphatic rings. The van der Waals surface area contributed by atoms with Gasteiger partial charge in [0.15, 0.2) is 5.17 Å². The van der Waals surface area contributed by atoms with Crippen LogP contribution in [-0.2, 0) is 4.79 Å². The van der Waals surface area contributed by atoms with Gasteiger partial charge in [-0.1, -0.05) is 30.0 Å². The van der Waals surface area contributed by atoms with E-state index in [4.69, 9.17) is 0 Å². The Kier molecular flexibility index (Phi) is 5.05. The zero-order valence-electron chi connectivity index (χ0n) is 12.6. The molecular weight excluding hydrogens is 318 g/mol. The van der Waals surface area contributed by atoms with Crippen LogP contribution in [0.5, 0.6) is 0 Å². The van der Waals surface area contributed by atoms with Gasteiger partial charge >= 0.3 is 5.97 Å². The first kappa shape index (κ1) is 17.0. The number of amidine groups is 1. The predicted molar refractivity (Wildman–Crippen MR) is 89.7 cm³/mol. The van der Waals surface area contributed by atoms with Crippen LogP contribution in [-0.4, -0.2) is 33.5 Å². The molecule has 2 N–H and O–H groups in total. The highest BCUT2D eigenvalue weighted by atomic mass is 32.2. The molecule has 122 valence electrons. The third-order valence-electron chi connectivity index (χ3n) is 3.70. The molecule has 0 aromatic heterocycles. The second kappa shape index (κ2) is 6.82. The summed E-state index contributed by atoms with van der Waals surface area (Å²) in [7, 11) is 0. The quantitative estimate of drug-likeness (QED) is 0.487. The summed E-state index contributed by atoms with van der Waals surface area (Å²) in [5, 5.41) is 24.3. The molecule has 1 aromatic carbocycles. The van der Waals surface area contributed by atoms with Crippen molar-refractivity contribution in [3.05, 3.63) is 52.6 Å². The standard InChI is InChI=1S/C15H17N3O4S/c1-3-7-23-14-16-9-15(2,13(19)20)12(17-14)10-5-4-6-11(8-10)18(21)22/h3-6,8,12H,1,7,9H2,2H3,(H,16,17)(H,19,20). The second-order valence-corrected chi connectivity index (χ2v) is 6.38. The zero-order valence-corrected chi connectivity index (χ0v) is 13.4. The maximum absolute atomic E-state index is 11.7. The van der Waals surface area contributed by atoms with Crippen LogP contribution in [0.3, 0.4) is 0 Å². The van der Waals surface area contributed by atoms with Crippen molar-refractivity contribution in [1.29, 1.82) is 0 Å². The van der Waals surface area contributed by atoms with Gasteiger partial charge in [-0.2, -0.15) is 0 Å². The summed E-state index contributed by atoms with van der Waals surface area (Å²) in [5.74, 6) is -0.366. The average molecular weight is 335 g/mol. The molecule has 8 heteroatoms.